The number of hydrogen-bond donors (Lipinski definition) is 1. The zero-order valence-electron chi connectivity index (χ0n) is 9.11. The highest BCUT2D eigenvalue weighted by Crippen LogP contribution is 2.17. The van der Waals surface area contributed by atoms with E-state index >= 15 is 0 Å². The summed E-state index contributed by atoms with van der Waals surface area (Å²) < 4.78 is 0.414. The first-order valence-electron chi connectivity index (χ1n) is 4.83. The summed E-state index contributed by atoms with van der Waals surface area (Å²) in [7, 11) is 0. The second kappa shape index (κ2) is 6.20. The fourth-order valence-corrected chi connectivity index (χ4v) is 2.28. The van der Waals surface area contributed by atoms with E-state index < -0.39 is 5.97 Å². The van der Waals surface area contributed by atoms with Crippen LogP contribution in [0.4, 0.5) is 0 Å². The monoisotopic (exact) mass is 304 g/mol. The first-order chi connectivity index (χ1) is 7.50. The Hall–Kier alpha value is -0.620. The van der Waals surface area contributed by atoms with Crippen molar-refractivity contribution >= 4 is 33.7 Å². The van der Waals surface area contributed by atoms with Gasteiger partial charge in [0.2, 0.25) is 0 Å². The molecule has 0 aliphatic carbocycles. The lowest BCUT2D eigenvalue weighted by Crippen LogP contribution is -2.06. The molecule has 0 aromatic carbocycles. The minimum atomic E-state index is -1.04. The molecular weight excluding hydrogens is 292 g/mol. The van der Waals surface area contributed by atoms with E-state index in [1.54, 1.807) is 11.8 Å². The van der Waals surface area contributed by atoms with Gasteiger partial charge in [-0.15, -0.1) is 0 Å². The largest absolute Gasteiger partial charge is 0.476 e. The number of carboxylic acids is 1. The summed E-state index contributed by atoms with van der Waals surface area (Å²) in [6, 6.07) is 0. The van der Waals surface area contributed by atoms with Crippen LogP contribution < -0.4 is 0 Å². The van der Waals surface area contributed by atoms with Crippen molar-refractivity contribution in [2.24, 2.45) is 5.92 Å². The van der Waals surface area contributed by atoms with Gasteiger partial charge in [-0.3, -0.25) is 0 Å². The SMILES string of the molecule is CC(C)CSCc1ncc(Br)c(C(=O)O)n1. The molecule has 0 fully saturated rings. The van der Waals surface area contributed by atoms with Crippen LogP contribution in [-0.4, -0.2) is 26.8 Å². The number of rotatable bonds is 5. The minimum absolute atomic E-state index is 0.0233. The summed E-state index contributed by atoms with van der Waals surface area (Å²) in [6.45, 7) is 4.27. The second-order valence-electron chi connectivity index (χ2n) is 3.70. The first-order valence-corrected chi connectivity index (χ1v) is 6.78. The first kappa shape index (κ1) is 13.4. The number of halogens is 1. The van der Waals surface area contributed by atoms with Crippen molar-refractivity contribution < 1.29 is 9.90 Å². The Kier molecular flexibility index (Phi) is 5.21. The summed E-state index contributed by atoms with van der Waals surface area (Å²) in [5, 5.41) is 8.88. The van der Waals surface area contributed by atoms with Gasteiger partial charge in [0.1, 0.15) is 5.82 Å². The fraction of sp³-hybridized carbons (Fsp3) is 0.500. The van der Waals surface area contributed by atoms with Crippen LogP contribution in [0.2, 0.25) is 0 Å². The highest BCUT2D eigenvalue weighted by atomic mass is 79.9. The normalized spacial score (nSPS) is 10.8. The van der Waals surface area contributed by atoms with Crippen molar-refractivity contribution in [1.82, 2.24) is 9.97 Å². The van der Waals surface area contributed by atoms with E-state index in [9.17, 15) is 4.79 Å². The van der Waals surface area contributed by atoms with E-state index in [1.807, 2.05) is 0 Å². The quantitative estimate of drug-likeness (QED) is 0.906. The van der Waals surface area contributed by atoms with Crippen LogP contribution in [0.25, 0.3) is 0 Å². The van der Waals surface area contributed by atoms with Crippen LogP contribution in [0, 0.1) is 5.92 Å². The molecule has 6 heteroatoms. The van der Waals surface area contributed by atoms with Gasteiger partial charge in [0.15, 0.2) is 5.69 Å². The van der Waals surface area contributed by atoms with E-state index in [2.05, 4.69) is 39.7 Å². The summed E-state index contributed by atoms with van der Waals surface area (Å²) >= 11 is 4.82. The Morgan fingerprint density at radius 3 is 2.88 bits per heavy atom. The maximum absolute atomic E-state index is 10.8. The molecule has 1 heterocycles. The number of thioether (sulfide) groups is 1. The highest BCUT2D eigenvalue weighted by molar-refractivity contribution is 9.10. The van der Waals surface area contributed by atoms with Gasteiger partial charge in [-0.1, -0.05) is 13.8 Å². The van der Waals surface area contributed by atoms with Crippen molar-refractivity contribution in [3.63, 3.8) is 0 Å². The molecule has 0 amide bonds. The number of carboxylic acid groups (broad SMARTS) is 1. The van der Waals surface area contributed by atoms with Crippen LogP contribution in [0.1, 0.15) is 30.2 Å². The fourth-order valence-electron chi connectivity index (χ4n) is 1.01. The maximum atomic E-state index is 10.8. The van der Waals surface area contributed by atoms with Crippen LogP contribution in [0.5, 0.6) is 0 Å². The zero-order chi connectivity index (χ0) is 12.1. The smallest absolute Gasteiger partial charge is 0.355 e. The molecule has 0 atom stereocenters. The van der Waals surface area contributed by atoms with Gasteiger partial charge in [-0.25, -0.2) is 14.8 Å². The summed E-state index contributed by atoms with van der Waals surface area (Å²) in [5.41, 5.74) is 0.0233. The molecule has 4 nitrogen and oxygen atoms in total. The van der Waals surface area contributed by atoms with E-state index in [4.69, 9.17) is 5.11 Å². The molecule has 0 aliphatic rings. The highest BCUT2D eigenvalue weighted by Gasteiger charge is 2.12. The molecule has 0 unspecified atom stereocenters. The van der Waals surface area contributed by atoms with Gasteiger partial charge >= 0.3 is 5.97 Å². The minimum Gasteiger partial charge on any atom is -0.476 e. The summed E-state index contributed by atoms with van der Waals surface area (Å²) in [4.78, 5) is 18.9. The number of hydrogen-bond acceptors (Lipinski definition) is 4. The number of nitrogens with zero attached hydrogens (tertiary/aromatic N) is 2. The Morgan fingerprint density at radius 2 is 2.31 bits per heavy atom. The van der Waals surface area contributed by atoms with E-state index in [1.165, 1.54) is 6.20 Å². The zero-order valence-corrected chi connectivity index (χ0v) is 11.5. The average molecular weight is 305 g/mol. The van der Waals surface area contributed by atoms with Gasteiger partial charge in [0.05, 0.1) is 10.2 Å². The van der Waals surface area contributed by atoms with Crippen molar-refractivity contribution in [2.45, 2.75) is 19.6 Å². The third-order valence-corrected chi connectivity index (χ3v) is 3.62. The van der Waals surface area contributed by atoms with Crippen molar-refractivity contribution in [2.75, 3.05) is 5.75 Å². The third kappa shape index (κ3) is 4.09. The molecule has 1 N–H and O–H groups in total. The van der Waals surface area contributed by atoms with Crippen molar-refractivity contribution in [1.29, 1.82) is 0 Å². The molecule has 0 saturated carbocycles. The lowest BCUT2D eigenvalue weighted by Gasteiger charge is -2.04. The Labute approximate surface area is 107 Å². The molecule has 0 spiro atoms. The maximum Gasteiger partial charge on any atom is 0.355 e. The molecule has 0 aliphatic heterocycles. The van der Waals surface area contributed by atoms with Crippen LogP contribution >= 0.6 is 27.7 Å². The molecule has 16 heavy (non-hydrogen) atoms. The predicted octanol–water partition coefficient (Wildman–Crippen LogP) is 2.83. The number of carbonyl (C=O) groups is 1. The second-order valence-corrected chi connectivity index (χ2v) is 5.58. The van der Waals surface area contributed by atoms with E-state index in [0.29, 0.717) is 22.0 Å². The standard InChI is InChI=1S/C10H13BrN2O2S/c1-6(2)4-16-5-8-12-3-7(11)9(13-8)10(14)15/h3,6H,4-5H2,1-2H3,(H,14,15). The predicted molar refractivity (Wildman–Crippen MR) is 67.7 cm³/mol. The van der Waals surface area contributed by atoms with Crippen LogP contribution in [-0.2, 0) is 5.75 Å². The summed E-state index contributed by atoms with van der Waals surface area (Å²) in [5.74, 6) is 1.79. The van der Waals surface area contributed by atoms with E-state index in [-0.39, 0.29) is 5.69 Å². The van der Waals surface area contributed by atoms with Crippen molar-refractivity contribution in [3.8, 4) is 0 Å². The topological polar surface area (TPSA) is 63.1 Å². The van der Waals surface area contributed by atoms with Crippen molar-refractivity contribution in [3.05, 3.63) is 22.2 Å². The van der Waals surface area contributed by atoms with E-state index in [0.717, 1.165) is 5.75 Å². The Morgan fingerprint density at radius 1 is 1.62 bits per heavy atom. The molecule has 0 radical (unpaired) electrons. The Balaban J connectivity index is 2.68. The van der Waals surface area contributed by atoms with Gasteiger partial charge < -0.3 is 5.11 Å². The summed E-state index contributed by atoms with van der Waals surface area (Å²) in [6.07, 6.45) is 1.49. The molecule has 1 rings (SSSR count). The third-order valence-electron chi connectivity index (χ3n) is 1.68. The molecule has 0 saturated heterocycles. The lowest BCUT2D eigenvalue weighted by molar-refractivity contribution is 0.0689. The Bertz CT molecular complexity index is 385. The van der Waals surface area contributed by atoms with Crippen LogP contribution in [0.15, 0.2) is 10.7 Å². The molecular formula is C10H13BrN2O2S. The lowest BCUT2D eigenvalue weighted by atomic mass is 10.3. The molecule has 1 aromatic rings. The van der Waals surface area contributed by atoms with Gasteiger partial charge in [0, 0.05) is 6.20 Å². The van der Waals surface area contributed by atoms with Gasteiger partial charge in [-0.2, -0.15) is 11.8 Å². The molecule has 1 aromatic heterocycles. The van der Waals surface area contributed by atoms with Gasteiger partial charge in [-0.05, 0) is 27.6 Å². The number of aromatic nitrogens is 2. The molecule has 88 valence electrons. The average Bonchev–Trinajstić information content (AvgIpc) is 2.19. The van der Waals surface area contributed by atoms with Gasteiger partial charge in [0.25, 0.3) is 0 Å². The van der Waals surface area contributed by atoms with Crippen LogP contribution in [0.3, 0.4) is 0 Å². The number of aromatic carboxylic acids is 1. The molecule has 0 bridgehead atoms.